The minimum absolute atomic E-state index is 0.269. The monoisotopic (exact) mass is 408 g/mol. The molecule has 0 radical (unpaired) electrons. The number of thiazole rings is 1. The van der Waals surface area contributed by atoms with Crippen molar-refractivity contribution in [2.45, 2.75) is 0 Å². The molecule has 1 N–H and O–H groups in total. The predicted octanol–water partition coefficient (Wildman–Crippen LogP) is 4.59. The molecule has 5 rings (SSSR count). The van der Waals surface area contributed by atoms with Crippen molar-refractivity contribution in [1.29, 1.82) is 0 Å². The number of fused-ring (bicyclic) bond motifs is 2. The van der Waals surface area contributed by atoms with Crippen molar-refractivity contribution in [3.05, 3.63) is 53.4 Å². The van der Waals surface area contributed by atoms with Gasteiger partial charge in [-0.05, 0) is 30.3 Å². The zero-order valence-corrected chi connectivity index (χ0v) is 16.2. The molecule has 1 amide bonds. The van der Waals surface area contributed by atoms with Gasteiger partial charge in [0.1, 0.15) is 18.9 Å². The van der Waals surface area contributed by atoms with Gasteiger partial charge in [-0.3, -0.25) is 10.1 Å². The van der Waals surface area contributed by atoms with E-state index in [4.69, 9.17) is 18.6 Å². The summed E-state index contributed by atoms with van der Waals surface area (Å²) in [6, 6.07) is 12.7. The number of hydrogen-bond donors (Lipinski definition) is 1. The summed E-state index contributed by atoms with van der Waals surface area (Å²) >= 11 is 1.33. The van der Waals surface area contributed by atoms with Crippen molar-refractivity contribution in [2.75, 3.05) is 25.6 Å². The van der Waals surface area contributed by atoms with Crippen molar-refractivity contribution in [3.63, 3.8) is 0 Å². The molecule has 146 valence electrons. The lowest BCUT2D eigenvalue weighted by molar-refractivity contribution is 0.102. The first-order chi connectivity index (χ1) is 14.2. The molecule has 2 aromatic carbocycles. The van der Waals surface area contributed by atoms with E-state index in [1.54, 1.807) is 25.3 Å². The van der Waals surface area contributed by atoms with E-state index in [-0.39, 0.29) is 5.91 Å². The summed E-state index contributed by atoms with van der Waals surface area (Å²) in [7, 11) is 1.60. The number of nitrogens with zero attached hydrogens (tertiary/aromatic N) is 1. The maximum absolute atomic E-state index is 12.6. The number of carbonyl (C=O) groups is 1. The number of hydrogen-bond acceptors (Lipinski definition) is 7. The van der Waals surface area contributed by atoms with Gasteiger partial charge in [-0.15, -0.1) is 11.3 Å². The highest BCUT2D eigenvalue weighted by Gasteiger charge is 2.17. The molecule has 0 spiro atoms. The summed E-state index contributed by atoms with van der Waals surface area (Å²) in [6.45, 7) is 0.976. The van der Waals surface area contributed by atoms with Gasteiger partial charge in [0.05, 0.1) is 7.11 Å². The molecular weight excluding hydrogens is 392 g/mol. The van der Waals surface area contributed by atoms with Gasteiger partial charge in [-0.25, -0.2) is 4.98 Å². The number of nitrogens with one attached hydrogen (secondary N) is 1. The van der Waals surface area contributed by atoms with Gasteiger partial charge in [-0.1, -0.05) is 12.1 Å². The van der Waals surface area contributed by atoms with Gasteiger partial charge < -0.3 is 18.6 Å². The van der Waals surface area contributed by atoms with Gasteiger partial charge >= 0.3 is 0 Å². The Balaban J connectivity index is 1.37. The van der Waals surface area contributed by atoms with Gasteiger partial charge in [-0.2, -0.15) is 0 Å². The molecule has 0 saturated carbocycles. The number of rotatable bonds is 4. The molecule has 0 fully saturated rings. The van der Waals surface area contributed by atoms with Crippen LogP contribution in [0.25, 0.3) is 22.4 Å². The molecule has 1 aliphatic heterocycles. The van der Waals surface area contributed by atoms with E-state index >= 15 is 0 Å². The maximum atomic E-state index is 12.6. The van der Waals surface area contributed by atoms with E-state index in [2.05, 4.69) is 10.3 Å². The SMILES string of the molecule is COc1cccc2cc(-c3csc(NC(=O)c4ccc5c(c4)OCCO5)n3)oc12. The first-order valence-electron chi connectivity index (χ1n) is 8.95. The summed E-state index contributed by atoms with van der Waals surface area (Å²) in [5, 5.41) is 6.06. The number of amides is 1. The second-order valence-electron chi connectivity index (χ2n) is 6.34. The quantitative estimate of drug-likeness (QED) is 0.532. The largest absolute Gasteiger partial charge is 0.493 e. The Morgan fingerprint density at radius 3 is 2.86 bits per heavy atom. The zero-order valence-electron chi connectivity index (χ0n) is 15.4. The molecular formula is C21H16N2O5S. The Kier molecular flexibility index (Phi) is 4.33. The summed E-state index contributed by atoms with van der Waals surface area (Å²) in [6.07, 6.45) is 0. The van der Waals surface area contributed by atoms with E-state index in [1.165, 1.54) is 11.3 Å². The number of methoxy groups -OCH3 is 1. The van der Waals surface area contributed by atoms with Gasteiger partial charge in [0.25, 0.3) is 5.91 Å². The molecule has 7 nitrogen and oxygen atoms in total. The van der Waals surface area contributed by atoms with Gasteiger partial charge in [0.2, 0.25) is 0 Å². The third-order valence-electron chi connectivity index (χ3n) is 4.51. The highest BCUT2D eigenvalue weighted by atomic mass is 32.1. The average molecular weight is 408 g/mol. The standard InChI is InChI=1S/C21H16N2O5S/c1-25-16-4-2-3-12-9-17(28-19(12)16)14-11-29-21(22-14)23-20(24)13-5-6-15-18(10-13)27-8-7-26-15/h2-6,9-11H,7-8H2,1H3,(H,22,23,24). The van der Waals surface area contributed by atoms with E-state index in [1.807, 2.05) is 29.6 Å². The number of furan rings is 1. The average Bonchev–Trinajstić information content (AvgIpc) is 3.40. The second-order valence-corrected chi connectivity index (χ2v) is 7.20. The Labute approximate surface area is 169 Å². The second kappa shape index (κ2) is 7.14. The molecule has 2 aromatic heterocycles. The molecule has 0 saturated heterocycles. The smallest absolute Gasteiger partial charge is 0.257 e. The lowest BCUT2D eigenvalue weighted by atomic mass is 10.2. The van der Waals surface area contributed by atoms with Crippen molar-refractivity contribution >= 4 is 33.3 Å². The zero-order chi connectivity index (χ0) is 19.8. The third-order valence-corrected chi connectivity index (χ3v) is 5.27. The number of ether oxygens (including phenoxy) is 3. The minimum Gasteiger partial charge on any atom is -0.493 e. The molecule has 0 aliphatic carbocycles. The van der Waals surface area contributed by atoms with Crippen molar-refractivity contribution in [1.82, 2.24) is 4.98 Å². The summed E-state index contributed by atoms with van der Waals surface area (Å²) in [5.41, 5.74) is 1.78. The first-order valence-corrected chi connectivity index (χ1v) is 9.83. The number of para-hydroxylation sites is 1. The van der Waals surface area contributed by atoms with Crippen LogP contribution in [0.5, 0.6) is 17.2 Å². The molecule has 29 heavy (non-hydrogen) atoms. The third kappa shape index (κ3) is 3.27. The van der Waals surface area contributed by atoms with E-state index in [0.29, 0.717) is 58.2 Å². The van der Waals surface area contributed by atoms with Crippen LogP contribution in [0.4, 0.5) is 5.13 Å². The van der Waals surface area contributed by atoms with E-state index < -0.39 is 0 Å². The predicted molar refractivity (Wildman–Crippen MR) is 109 cm³/mol. The lowest BCUT2D eigenvalue weighted by Gasteiger charge is -2.18. The van der Waals surface area contributed by atoms with Crippen LogP contribution in [0.3, 0.4) is 0 Å². The summed E-state index contributed by atoms with van der Waals surface area (Å²) < 4.78 is 22.3. The molecule has 4 aromatic rings. The van der Waals surface area contributed by atoms with Gasteiger partial charge in [0, 0.05) is 16.3 Å². The van der Waals surface area contributed by atoms with Crippen LogP contribution in [-0.2, 0) is 0 Å². The van der Waals surface area contributed by atoms with Crippen LogP contribution >= 0.6 is 11.3 Å². The van der Waals surface area contributed by atoms with E-state index in [9.17, 15) is 4.79 Å². The number of aromatic nitrogens is 1. The van der Waals surface area contributed by atoms with Crippen LogP contribution in [0.2, 0.25) is 0 Å². The molecule has 1 aliphatic rings. The Morgan fingerprint density at radius 1 is 1.14 bits per heavy atom. The Bertz CT molecular complexity index is 1210. The molecule has 0 bridgehead atoms. The molecule has 0 unspecified atom stereocenters. The normalized spacial score (nSPS) is 12.7. The van der Waals surface area contributed by atoms with Gasteiger partial charge in [0.15, 0.2) is 33.7 Å². The fourth-order valence-corrected chi connectivity index (χ4v) is 3.82. The molecule has 0 atom stereocenters. The van der Waals surface area contributed by atoms with Crippen LogP contribution in [0, 0.1) is 0 Å². The summed E-state index contributed by atoms with van der Waals surface area (Å²) in [4.78, 5) is 17.1. The minimum atomic E-state index is -0.269. The Morgan fingerprint density at radius 2 is 2.00 bits per heavy atom. The fraction of sp³-hybridized carbons (Fsp3) is 0.143. The highest BCUT2D eigenvalue weighted by Crippen LogP contribution is 2.35. The molecule has 8 heteroatoms. The van der Waals surface area contributed by atoms with Crippen molar-refractivity contribution < 1.29 is 23.4 Å². The first kappa shape index (κ1) is 17.6. The van der Waals surface area contributed by atoms with Crippen LogP contribution < -0.4 is 19.5 Å². The molecule has 3 heterocycles. The number of benzene rings is 2. The highest BCUT2D eigenvalue weighted by molar-refractivity contribution is 7.14. The summed E-state index contributed by atoms with van der Waals surface area (Å²) in [5.74, 6) is 2.22. The van der Waals surface area contributed by atoms with Crippen LogP contribution in [0.1, 0.15) is 10.4 Å². The van der Waals surface area contributed by atoms with Crippen LogP contribution in [-0.4, -0.2) is 31.2 Å². The van der Waals surface area contributed by atoms with Crippen LogP contribution in [0.15, 0.2) is 52.3 Å². The van der Waals surface area contributed by atoms with Crippen molar-refractivity contribution in [2.24, 2.45) is 0 Å². The van der Waals surface area contributed by atoms with Crippen molar-refractivity contribution in [3.8, 4) is 28.7 Å². The van der Waals surface area contributed by atoms with E-state index in [0.717, 1.165) is 5.39 Å². The topological polar surface area (TPSA) is 82.8 Å². The fourth-order valence-electron chi connectivity index (χ4n) is 3.12. The lowest BCUT2D eigenvalue weighted by Crippen LogP contribution is -2.17. The maximum Gasteiger partial charge on any atom is 0.257 e. The number of anilines is 1. The Hall–Kier alpha value is -3.52. The number of carbonyl (C=O) groups excluding carboxylic acids is 1.